The molecular weight excluding hydrogens is 404 g/mol. The molecule has 2 heterocycles. The van der Waals surface area contributed by atoms with Gasteiger partial charge in [-0.3, -0.25) is 9.59 Å². The third-order valence-corrected chi connectivity index (χ3v) is 5.15. The lowest BCUT2D eigenvalue weighted by Crippen LogP contribution is -2.41. The number of nitrogens with zero attached hydrogens (tertiary/aromatic N) is 3. The highest BCUT2D eigenvalue weighted by atomic mass is 32.1. The first kappa shape index (κ1) is 19.8. The summed E-state index contributed by atoms with van der Waals surface area (Å²) in [5.74, 6) is 0.798. The van der Waals surface area contributed by atoms with Crippen molar-refractivity contribution < 1.29 is 19.1 Å². The SMILES string of the molecule is O=C(CN(CCc1ccccc1)C(=O)c1csnn1)NCc1ccc2c(c1)OCO2. The first-order chi connectivity index (χ1) is 14.7. The van der Waals surface area contributed by atoms with Crippen molar-refractivity contribution in [3.63, 3.8) is 0 Å². The van der Waals surface area contributed by atoms with E-state index in [9.17, 15) is 9.59 Å². The smallest absolute Gasteiger partial charge is 0.275 e. The van der Waals surface area contributed by atoms with E-state index in [4.69, 9.17) is 9.47 Å². The van der Waals surface area contributed by atoms with Crippen LogP contribution in [-0.4, -0.2) is 46.2 Å². The van der Waals surface area contributed by atoms with Crippen LogP contribution in [0.2, 0.25) is 0 Å². The van der Waals surface area contributed by atoms with Gasteiger partial charge in [0.2, 0.25) is 12.7 Å². The van der Waals surface area contributed by atoms with Gasteiger partial charge in [0.1, 0.15) is 0 Å². The largest absolute Gasteiger partial charge is 0.454 e. The summed E-state index contributed by atoms with van der Waals surface area (Å²) in [6.07, 6.45) is 0.638. The van der Waals surface area contributed by atoms with E-state index in [1.165, 1.54) is 4.90 Å². The van der Waals surface area contributed by atoms with Crippen molar-refractivity contribution in [2.24, 2.45) is 0 Å². The second-order valence-electron chi connectivity index (χ2n) is 6.72. The molecule has 30 heavy (non-hydrogen) atoms. The quantitative estimate of drug-likeness (QED) is 0.596. The van der Waals surface area contributed by atoms with Gasteiger partial charge in [0, 0.05) is 18.5 Å². The summed E-state index contributed by atoms with van der Waals surface area (Å²) in [5.41, 5.74) is 2.22. The molecule has 9 heteroatoms. The van der Waals surface area contributed by atoms with E-state index in [0.29, 0.717) is 31.0 Å². The van der Waals surface area contributed by atoms with E-state index < -0.39 is 0 Å². The number of nitrogens with one attached hydrogen (secondary N) is 1. The van der Waals surface area contributed by atoms with Crippen molar-refractivity contribution >= 4 is 23.3 Å². The molecule has 0 aliphatic carbocycles. The molecule has 1 aliphatic heterocycles. The van der Waals surface area contributed by atoms with E-state index in [2.05, 4.69) is 14.9 Å². The van der Waals surface area contributed by atoms with Gasteiger partial charge in [-0.25, -0.2) is 0 Å². The van der Waals surface area contributed by atoms with Crippen LogP contribution >= 0.6 is 11.5 Å². The molecule has 1 N–H and O–H groups in total. The van der Waals surface area contributed by atoms with Crippen LogP contribution in [0.1, 0.15) is 21.6 Å². The molecule has 0 radical (unpaired) electrons. The molecular formula is C21H20N4O4S. The zero-order valence-electron chi connectivity index (χ0n) is 16.1. The Morgan fingerprint density at radius 2 is 1.90 bits per heavy atom. The molecule has 1 aliphatic rings. The Kier molecular flexibility index (Phi) is 6.19. The van der Waals surface area contributed by atoms with Crippen molar-refractivity contribution in [2.75, 3.05) is 19.9 Å². The standard InChI is InChI=1S/C21H20N4O4S/c26-20(22-11-16-6-7-18-19(10-16)29-14-28-18)12-25(21(27)17-13-30-24-23-17)9-8-15-4-2-1-3-5-15/h1-7,10,13H,8-9,11-12,14H2,(H,22,26). The lowest BCUT2D eigenvalue weighted by Gasteiger charge is -2.21. The lowest BCUT2D eigenvalue weighted by molar-refractivity contribution is -0.122. The fourth-order valence-electron chi connectivity index (χ4n) is 3.06. The first-order valence-corrected chi connectivity index (χ1v) is 10.3. The number of carbonyl (C=O) groups is 2. The second kappa shape index (κ2) is 9.36. The molecule has 0 fully saturated rings. The highest BCUT2D eigenvalue weighted by molar-refractivity contribution is 7.03. The van der Waals surface area contributed by atoms with Crippen LogP contribution in [0.5, 0.6) is 11.5 Å². The van der Waals surface area contributed by atoms with Gasteiger partial charge in [-0.2, -0.15) is 0 Å². The van der Waals surface area contributed by atoms with E-state index in [1.807, 2.05) is 48.5 Å². The molecule has 0 spiro atoms. The van der Waals surface area contributed by atoms with Crippen molar-refractivity contribution in [1.29, 1.82) is 0 Å². The molecule has 3 aromatic rings. The highest BCUT2D eigenvalue weighted by Gasteiger charge is 2.21. The van der Waals surface area contributed by atoms with Gasteiger partial charge in [-0.15, -0.1) is 5.10 Å². The molecule has 8 nitrogen and oxygen atoms in total. The van der Waals surface area contributed by atoms with Crippen LogP contribution in [-0.2, 0) is 17.8 Å². The predicted octanol–water partition coefficient (Wildman–Crippen LogP) is 2.27. The molecule has 0 saturated heterocycles. The number of hydrogen-bond acceptors (Lipinski definition) is 7. The van der Waals surface area contributed by atoms with Gasteiger partial charge >= 0.3 is 0 Å². The van der Waals surface area contributed by atoms with Gasteiger partial charge in [0.05, 0.1) is 6.54 Å². The minimum absolute atomic E-state index is 0.0618. The van der Waals surface area contributed by atoms with E-state index >= 15 is 0 Å². The maximum atomic E-state index is 12.8. The minimum atomic E-state index is -0.307. The average Bonchev–Trinajstić information content (AvgIpc) is 3.47. The number of rotatable bonds is 8. The van der Waals surface area contributed by atoms with Crippen LogP contribution in [0.15, 0.2) is 53.9 Å². The molecule has 154 valence electrons. The Morgan fingerprint density at radius 3 is 2.70 bits per heavy atom. The number of aromatic nitrogens is 2. The summed E-state index contributed by atoms with van der Waals surface area (Å²) in [7, 11) is 0. The number of amides is 2. The van der Waals surface area contributed by atoms with Gasteiger partial charge < -0.3 is 19.7 Å². The number of ether oxygens (including phenoxy) is 2. The van der Waals surface area contributed by atoms with Gasteiger partial charge in [-0.1, -0.05) is 40.9 Å². The molecule has 0 bridgehead atoms. The topological polar surface area (TPSA) is 93.7 Å². The summed E-state index contributed by atoms with van der Waals surface area (Å²) >= 11 is 1.10. The Labute approximate surface area is 177 Å². The maximum absolute atomic E-state index is 12.8. The fourth-order valence-corrected chi connectivity index (χ4v) is 3.49. The summed E-state index contributed by atoms with van der Waals surface area (Å²) in [4.78, 5) is 26.8. The lowest BCUT2D eigenvalue weighted by atomic mass is 10.1. The summed E-state index contributed by atoms with van der Waals surface area (Å²) in [6, 6.07) is 15.3. The normalized spacial score (nSPS) is 11.9. The first-order valence-electron chi connectivity index (χ1n) is 9.44. The van der Waals surface area contributed by atoms with Crippen molar-refractivity contribution in [3.05, 3.63) is 70.7 Å². The Bertz CT molecular complexity index is 1010. The third kappa shape index (κ3) is 4.93. The molecule has 4 rings (SSSR count). The third-order valence-electron chi connectivity index (χ3n) is 4.64. The van der Waals surface area contributed by atoms with Crippen molar-refractivity contribution in [2.45, 2.75) is 13.0 Å². The Hall–Kier alpha value is -3.46. The molecule has 1 aromatic heterocycles. The maximum Gasteiger partial charge on any atom is 0.275 e. The van der Waals surface area contributed by atoms with E-state index in [1.54, 1.807) is 5.38 Å². The Balaban J connectivity index is 1.37. The average molecular weight is 424 g/mol. The van der Waals surface area contributed by atoms with Crippen molar-refractivity contribution in [1.82, 2.24) is 19.8 Å². The van der Waals surface area contributed by atoms with Gasteiger partial charge in [-0.05, 0) is 41.2 Å². The minimum Gasteiger partial charge on any atom is -0.454 e. The monoisotopic (exact) mass is 424 g/mol. The van der Waals surface area contributed by atoms with Crippen molar-refractivity contribution in [3.8, 4) is 11.5 Å². The summed E-state index contributed by atoms with van der Waals surface area (Å²) in [5, 5.41) is 8.29. The number of carbonyl (C=O) groups excluding carboxylic acids is 2. The molecule has 0 saturated carbocycles. The molecule has 2 aromatic carbocycles. The van der Waals surface area contributed by atoms with Gasteiger partial charge in [0.25, 0.3) is 5.91 Å². The summed E-state index contributed by atoms with van der Waals surface area (Å²) < 4.78 is 14.4. The zero-order valence-corrected chi connectivity index (χ0v) is 16.9. The number of fused-ring (bicyclic) bond motifs is 1. The van der Waals surface area contributed by atoms with Crippen LogP contribution in [0.4, 0.5) is 0 Å². The fraction of sp³-hybridized carbons (Fsp3) is 0.238. The van der Waals surface area contributed by atoms with E-state index in [0.717, 1.165) is 22.7 Å². The van der Waals surface area contributed by atoms with Crippen LogP contribution in [0.3, 0.4) is 0 Å². The molecule has 2 amide bonds. The predicted molar refractivity (Wildman–Crippen MR) is 110 cm³/mol. The molecule has 0 atom stereocenters. The van der Waals surface area contributed by atoms with Crippen LogP contribution < -0.4 is 14.8 Å². The number of benzene rings is 2. The van der Waals surface area contributed by atoms with Gasteiger partial charge in [0.15, 0.2) is 17.2 Å². The summed E-state index contributed by atoms with van der Waals surface area (Å²) in [6.45, 7) is 0.870. The highest BCUT2D eigenvalue weighted by Crippen LogP contribution is 2.32. The van der Waals surface area contributed by atoms with E-state index in [-0.39, 0.29) is 30.8 Å². The Morgan fingerprint density at radius 1 is 1.07 bits per heavy atom. The molecule has 0 unspecified atom stereocenters. The van der Waals surface area contributed by atoms with Crippen LogP contribution in [0, 0.1) is 0 Å². The number of hydrogen-bond donors (Lipinski definition) is 1. The zero-order chi connectivity index (χ0) is 20.8. The second-order valence-corrected chi connectivity index (χ2v) is 7.33. The van der Waals surface area contributed by atoms with Crippen LogP contribution in [0.25, 0.3) is 0 Å².